The van der Waals surface area contributed by atoms with Gasteiger partial charge in [0.15, 0.2) is 11.5 Å². The molecule has 29 heavy (non-hydrogen) atoms. The average Bonchev–Trinajstić information content (AvgIpc) is 3.32. The van der Waals surface area contributed by atoms with Crippen LogP contribution in [0, 0.1) is 11.7 Å². The lowest BCUT2D eigenvalue weighted by Crippen LogP contribution is -2.32. The van der Waals surface area contributed by atoms with Crippen LogP contribution in [0.4, 0.5) is 4.39 Å². The van der Waals surface area contributed by atoms with Gasteiger partial charge in [-0.25, -0.2) is 4.39 Å². The minimum Gasteiger partial charge on any atom is -0.391 e. The number of hydrogen-bond donors (Lipinski definition) is 3. The van der Waals surface area contributed by atoms with Crippen LogP contribution in [-0.2, 0) is 4.79 Å². The zero-order chi connectivity index (χ0) is 20.8. The molecular formula is C20H25FN4O4. The van der Waals surface area contributed by atoms with Gasteiger partial charge in [-0.05, 0) is 43.7 Å². The predicted octanol–water partition coefficient (Wildman–Crippen LogP) is 1.16. The molecule has 0 bridgehead atoms. The molecule has 0 aliphatic carbocycles. The molecule has 4 N–H and O–H groups in total. The third kappa shape index (κ3) is 5.61. The molecule has 2 atom stereocenters. The normalized spacial score (nSPS) is 19.4. The highest BCUT2D eigenvalue weighted by Crippen LogP contribution is 2.20. The molecule has 1 fully saturated rings. The van der Waals surface area contributed by atoms with Crippen molar-refractivity contribution in [2.45, 2.75) is 25.4 Å². The second-order valence-corrected chi connectivity index (χ2v) is 7.24. The number of carbonyl (C=O) groups is 2. The van der Waals surface area contributed by atoms with E-state index in [-0.39, 0.29) is 17.4 Å². The molecule has 0 saturated carbocycles. The topological polar surface area (TPSA) is 122 Å². The van der Waals surface area contributed by atoms with E-state index in [1.54, 1.807) is 12.1 Å². The minimum absolute atomic E-state index is 0.174. The van der Waals surface area contributed by atoms with Gasteiger partial charge in [0.05, 0.1) is 12.0 Å². The monoisotopic (exact) mass is 404 g/mol. The largest absolute Gasteiger partial charge is 0.391 e. The van der Waals surface area contributed by atoms with Crippen LogP contribution in [-0.4, -0.2) is 59.3 Å². The lowest BCUT2D eigenvalue weighted by atomic mass is 10.1. The Labute approximate surface area is 167 Å². The molecule has 0 spiro atoms. The first-order valence-electron chi connectivity index (χ1n) is 9.64. The lowest BCUT2D eigenvalue weighted by molar-refractivity contribution is -0.123. The Morgan fingerprint density at radius 3 is 2.69 bits per heavy atom. The van der Waals surface area contributed by atoms with Gasteiger partial charge >= 0.3 is 0 Å². The molecular weight excluding hydrogens is 379 g/mol. The fourth-order valence-electron chi connectivity index (χ4n) is 3.39. The summed E-state index contributed by atoms with van der Waals surface area (Å²) < 4.78 is 18.1. The number of rotatable bonds is 9. The number of hydrogen-bond acceptors (Lipinski definition) is 6. The van der Waals surface area contributed by atoms with Gasteiger partial charge in [-0.15, -0.1) is 0 Å². The van der Waals surface area contributed by atoms with Crippen LogP contribution < -0.4 is 11.1 Å². The highest BCUT2D eigenvalue weighted by atomic mass is 19.1. The number of β-amino-alcohol motifs (C(OH)–C–C–N with tert-alkyl or cyclic N) is 1. The number of primary amides is 1. The zero-order valence-electron chi connectivity index (χ0n) is 16.0. The number of nitrogens with one attached hydrogen (secondary N) is 1. The number of benzene rings is 1. The van der Waals surface area contributed by atoms with Crippen LogP contribution in [0.5, 0.6) is 0 Å². The molecule has 1 aromatic carbocycles. The maximum absolute atomic E-state index is 13.0. The van der Waals surface area contributed by atoms with Gasteiger partial charge in [0.1, 0.15) is 5.82 Å². The molecule has 156 valence electrons. The first-order chi connectivity index (χ1) is 13.9. The van der Waals surface area contributed by atoms with Gasteiger partial charge < -0.3 is 20.7 Å². The van der Waals surface area contributed by atoms with Crippen LogP contribution >= 0.6 is 0 Å². The van der Waals surface area contributed by atoms with Crippen molar-refractivity contribution in [1.82, 2.24) is 15.4 Å². The average molecular weight is 404 g/mol. The van der Waals surface area contributed by atoms with Gasteiger partial charge in [0.25, 0.3) is 5.91 Å². The first-order valence-corrected chi connectivity index (χ1v) is 9.64. The maximum atomic E-state index is 13.0. The molecule has 2 aromatic rings. The van der Waals surface area contributed by atoms with Crippen LogP contribution in [0.25, 0.3) is 11.3 Å². The molecule has 8 nitrogen and oxygen atoms in total. The lowest BCUT2D eigenvalue weighted by Gasteiger charge is -2.14. The highest BCUT2D eigenvalue weighted by Gasteiger charge is 2.34. The van der Waals surface area contributed by atoms with Crippen molar-refractivity contribution in [3.63, 3.8) is 0 Å². The smallest absolute Gasteiger partial charge is 0.273 e. The van der Waals surface area contributed by atoms with E-state index in [4.69, 9.17) is 10.3 Å². The fourth-order valence-corrected chi connectivity index (χ4v) is 3.39. The predicted molar refractivity (Wildman–Crippen MR) is 103 cm³/mol. The zero-order valence-corrected chi connectivity index (χ0v) is 16.0. The summed E-state index contributed by atoms with van der Waals surface area (Å²) in [5.74, 6) is -1.22. The third-order valence-corrected chi connectivity index (χ3v) is 5.04. The number of aliphatic hydroxyl groups is 1. The van der Waals surface area contributed by atoms with E-state index in [0.717, 1.165) is 25.8 Å². The number of likely N-dealkylation sites (tertiary alicyclic amines) is 1. The summed E-state index contributed by atoms with van der Waals surface area (Å²) in [4.78, 5) is 25.4. The van der Waals surface area contributed by atoms with E-state index in [0.29, 0.717) is 31.0 Å². The van der Waals surface area contributed by atoms with Crippen LogP contribution in [0.15, 0.2) is 34.9 Å². The Morgan fingerprint density at radius 2 is 2.00 bits per heavy atom. The Kier molecular flexibility index (Phi) is 6.95. The van der Waals surface area contributed by atoms with E-state index in [1.165, 1.54) is 18.2 Å². The van der Waals surface area contributed by atoms with Crippen molar-refractivity contribution < 1.29 is 23.6 Å². The summed E-state index contributed by atoms with van der Waals surface area (Å²) in [5, 5.41) is 16.4. The Bertz CT molecular complexity index is 839. The van der Waals surface area contributed by atoms with Gasteiger partial charge in [0.2, 0.25) is 5.91 Å². The van der Waals surface area contributed by atoms with Crippen molar-refractivity contribution in [3.05, 3.63) is 41.8 Å². The van der Waals surface area contributed by atoms with E-state index >= 15 is 0 Å². The van der Waals surface area contributed by atoms with E-state index in [9.17, 15) is 19.1 Å². The molecule has 1 aliphatic heterocycles. The summed E-state index contributed by atoms with van der Waals surface area (Å²) in [7, 11) is 0. The van der Waals surface area contributed by atoms with Gasteiger partial charge in [-0.1, -0.05) is 11.6 Å². The molecule has 2 unspecified atom stereocenters. The minimum atomic E-state index is -0.686. The van der Waals surface area contributed by atoms with Crippen LogP contribution in [0.1, 0.15) is 29.8 Å². The third-order valence-electron chi connectivity index (χ3n) is 5.04. The molecule has 1 aromatic heterocycles. The summed E-state index contributed by atoms with van der Waals surface area (Å²) in [6.45, 7) is 2.24. The molecule has 3 rings (SSSR count). The number of halogens is 1. The van der Waals surface area contributed by atoms with E-state index < -0.39 is 17.9 Å². The van der Waals surface area contributed by atoms with Crippen molar-refractivity contribution in [1.29, 1.82) is 0 Å². The van der Waals surface area contributed by atoms with Crippen molar-refractivity contribution in [2.75, 3.05) is 26.2 Å². The summed E-state index contributed by atoms with van der Waals surface area (Å²) >= 11 is 0. The standard InChI is InChI=1S/C20H25FN4O4/c21-14-6-4-13(5-7-14)18-10-16(24-29-18)20(28)23-8-2-1-3-9-25-11-15(19(22)27)17(26)12-25/h4-7,10,15,17,26H,1-3,8-9,11-12H2,(H2,22,27)(H,23,28). The Hall–Kier alpha value is -2.78. The maximum Gasteiger partial charge on any atom is 0.273 e. The first kappa shape index (κ1) is 20.9. The molecule has 1 saturated heterocycles. The summed E-state index contributed by atoms with van der Waals surface area (Å²) in [6, 6.07) is 7.27. The second kappa shape index (κ2) is 9.62. The number of aliphatic hydroxyl groups excluding tert-OH is 1. The highest BCUT2D eigenvalue weighted by molar-refractivity contribution is 5.93. The Balaban J connectivity index is 1.33. The van der Waals surface area contributed by atoms with Crippen molar-refractivity contribution in [3.8, 4) is 11.3 Å². The second-order valence-electron chi connectivity index (χ2n) is 7.24. The number of carbonyl (C=O) groups excluding carboxylic acids is 2. The summed E-state index contributed by atoms with van der Waals surface area (Å²) in [5.41, 5.74) is 6.09. The molecule has 1 aliphatic rings. The number of nitrogens with zero attached hydrogens (tertiary/aromatic N) is 2. The molecule has 2 heterocycles. The molecule has 0 radical (unpaired) electrons. The van der Waals surface area contributed by atoms with Crippen molar-refractivity contribution in [2.24, 2.45) is 11.7 Å². The SMILES string of the molecule is NC(=O)C1CN(CCCCCNC(=O)c2cc(-c3ccc(F)cc3)on2)CC1O. The van der Waals surface area contributed by atoms with Gasteiger partial charge in [-0.2, -0.15) is 0 Å². The van der Waals surface area contributed by atoms with E-state index in [1.807, 2.05) is 4.90 Å². The van der Waals surface area contributed by atoms with Crippen LogP contribution in [0.3, 0.4) is 0 Å². The van der Waals surface area contributed by atoms with Crippen LogP contribution in [0.2, 0.25) is 0 Å². The summed E-state index contributed by atoms with van der Waals surface area (Å²) in [6.07, 6.45) is 1.90. The number of aromatic nitrogens is 1. The molecule has 2 amide bonds. The van der Waals surface area contributed by atoms with Gasteiger partial charge in [-0.3, -0.25) is 14.5 Å². The van der Waals surface area contributed by atoms with Gasteiger partial charge in [0, 0.05) is 31.3 Å². The molecule has 9 heteroatoms. The number of amides is 2. The fraction of sp³-hybridized carbons (Fsp3) is 0.450. The van der Waals surface area contributed by atoms with Crippen molar-refractivity contribution >= 4 is 11.8 Å². The number of unbranched alkanes of at least 4 members (excludes halogenated alkanes) is 2. The Morgan fingerprint density at radius 1 is 1.24 bits per heavy atom. The number of nitrogens with two attached hydrogens (primary N) is 1. The van der Waals surface area contributed by atoms with E-state index in [2.05, 4.69) is 10.5 Å². The quantitative estimate of drug-likeness (QED) is 0.539.